The Labute approximate surface area is 164 Å². The lowest BCUT2D eigenvalue weighted by Crippen LogP contribution is -2.23. The van der Waals surface area contributed by atoms with E-state index in [2.05, 4.69) is 17.4 Å². The summed E-state index contributed by atoms with van der Waals surface area (Å²) in [5.74, 6) is 0.794. The van der Waals surface area contributed by atoms with Gasteiger partial charge in [0, 0.05) is 11.1 Å². The van der Waals surface area contributed by atoms with Gasteiger partial charge in [-0.2, -0.15) is 0 Å². The molecule has 28 heavy (non-hydrogen) atoms. The van der Waals surface area contributed by atoms with Crippen LogP contribution in [0.1, 0.15) is 36.8 Å². The van der Waals surface area contributed by atoms with Crippen molar-refractivity contribution in [3.63, 3.8) is 0 Å². The molecular formula is C24H23NO3. The molecule has 1 aliphatic rings. The summed E-state index contributed by atoms with van der Waals surface area (Å²) in [6.07, 6.45) is 4.03. The minimum Gasteiger partial charge on any atom is -0.508 e. The summed E-state index contributed by atoms with van der Waals surface area (Å²) in [5.41, 5.74) is 3.13. The lowest BCUT2D eigenvalue weighted by molar-refractivity contribution is 0.215. The molecule has 0 atom stereocenters. The van der Waals surface area contributed by atoms with Crippen LogP contribution in [0, 0.1) is 0 Å². The van der Waals surface area contributed by atoms with Gasteiger partial charge < -0.3 is 9.84 Å². The van der Waals surface area contributed by atoms with Crippen molar-refractivity contribution < 1.29 is 14.6 Å². The van der Waals surface area contributed by atoms with Gasteiger partial charge in [-0.25, -0.2) is 4.79 Å². The molecule has 0 spiro atoms. The van der Waals surface area contributed by atoms with Crippen LogP contribution in [0.2, 0.25) is 0 Å². The molecule has 3 aromatic rings. The van der Waals surface area contributed by atoms with E-state index in [1.54, 1.807) is 24.3 Å². The molecule has 0 unspecified atom stereocenters. The third kappa shape index (κ3) is 3.72. The molecule has 2 N–H and O–H groups in total. The van der Waals surface area contributed by atoms with Gasteiger partial charge in [-0.1, -0.05) is 55.3 Å². The normalized spacial score (nSPS) is 15.1. The molecule has 1 aliphatic carbocycles. The van der Waals surface area contributed by atoms with E-state index in [4.69, 9.17) is 4.74 Å². The van der Waals surface area contributed by atoms with Gasteiger partial charge in [-0.3, -0.25) is 5.32 Å². The maximum absolute atomic E-state index is 12.1. The monoisotopic (exact) mass is 373 g/mol. The molecule has 1 fully saturated rings. The van der Waals surface area contributed by atoms with Gasteiger partial charge in [0.1, 0.15) is 11.5 Å². The number of anilines is 1. The fourth-order valence-corrected chi connectivity index (χ4v) is 4.11. The first-order valence-corrected chi connectivity index (χ1v) is 9.60. The standard InChI is InChI=1S/C24H23NO3/c26-21-14-10-19(11-15-21)24(16-4-5-17-24)18-8-12-20(13-9-18)25-23(27)28-22-6-2-1-3-7-22/h1-3,6-15,26H,4-5,16-17H2,(H,25,27). The third-order valence-corrected chi connectivity index (χ3v) is 5.51. The lowest BCUT2D eigenvalue weighted by Gasteiger charge is -2.30. The Hall–Kier alpha value is -3.27. The first-order chi connectivity index (χ1) is 13.7. The van der Waals surface area contributed by atoms with E-state index in [-0.39, 0.29) is 11.2 Å². The van der Waals surface area contributed by atoms with Crippen LogP contribution in [-0.2, 0) is 5.41 Å². The van der Waals surface area contributed by atoms with Crippen molar-refractivity contribution in [1.29, 1.82) is 0 Å². The lowest BCUT2D eigenvalue weighted by atomic mass is 9.73. The van der Waals surface area contributed by atoms with E-state index in [0.29, 0.717) is 11.4 Å². The van der Waals surface area contributed by atoms with E-state index in [1.165, 1.54) is 24.0 Å². The topological polar surface area (TPSA) is 58.6 Å². The van der Waals surface area contributed by atoms with Gasteiger partial charge in [-0.15, -0.1) is 0 Å². The number of hydrogen-bond donors (Lipinski definition) is 2. The number of carbonyl (C=O) groups is 1. The average molecular weight is 373 g/mol. The van der Waals surface area contributed by atoms with Gasteiger partial charge in [0.25, 0.3) is 0 Å². The summed E-state index contributed by atoms with van der Waals surface area (Å²) in [6.45, 7) is 0. The fraction of sp³-hybridized carbons (Fsp3) is 0.208. The maximum Gasteiger partial charge on any atom is 0.417 e. The molecule has 1 amide bonds. The van der Waals surface area contributed by atoms with Gasteiger partial charge in [-0.05, 0) is 60.4 Å². The van der Waals surface area contributed by atoms with E-state index in [0.717, 1.165) is 12.8 Å². The van der Waals surface area contributed by atoms with Crippen LogP contribution in [-0.4, -0.2) is 11.2 Å². The predicted molar refractivity (Wildman–Crippen MR) is 110 cm³/mol. The molecule has 0 bridgehead atoms. The number of rotatable bonds is 4. The molecule has 142 valence electrons. The Morgan fingerprint density at radius 3 is 2.00 bits per heavy atom. The zero-order valence-corrected chi connectivity index (χ0v) is 15.6. The van der Waals surface area contributed by atoms with Crippen molar-refractivity contribution in [2.24, 2.45) is 0 Å². The smallest absolute Gasteiger partial charge is 0.417 e. The second-order valence-corrected chi connectivity index (χ2v) is 7.24. The van der Waals surface area contributed by atoms with Crippen LogP contribution < -0.4 is 10.1 Å². The highest BCUT2D eigenvalue weighted by atomic mass is 16.6. The van der Waals surface area contributed by atoms with E-state index in [1.807, 2.05) is 42.5 Å². The quantitative estimate of drug-likeness (QED) is 0.602. The summed E-state index contributed by atoms with van der Waals surface area (Å²) in [6, 6.07) is 24.5. The minimum absolute atomic E-state index is 0.0310. The van der Waals surface area contributed by atoms with Gasteiger partial charge in [0.2, 0.25) is 0 Å². The summed E-state index contributed by atoms with van der Waals surface area (Å²) in [7, 11) is 0. The van der Waals surface area contributed by atoms with E-state index >= 15 is 0 Å². The first kappa shape index (κ1) is 18.1. The molecule has 4 heteroatoms. The SMILES string of the molecule is O=C(Nc1ccc(C2(c3ccc(O)cc3)CCCC2)cc1)Oc1ccccc1. The fourth-order valence-electron chi connectivity index (χ4n) is 4.11. The molecular weight excluding hydrogens is 350 g/mol. The van der Waals surface area contributed by atoms with Crippen molar-refractivity contribution in [2.45, 2.75) is 31.1 Å². The summed E-state index contributed by atoms with van der Waals surface area (Å²) in [5, 5.41) is 12.4. The van der Waals surface area contributed by atoms with Crippen LogP contribution in [0.15, 0.2) is 78.9 Å². The van der Waals surface area contributed by atoms with Gasteiger partial charge >= 0.3 is 6.09 Å². The van der Waals surface area contributed by atoms with Crippen LogP contribution >= 0.6 is 0 Å². The van der Waals surface area contributed by atoms with Crippen LogP contribution in [0.5, 0.6) is 11.5 Å². The second-order valence-electron chi connectivity index (χ2n) is 7.24. The van der Waals surface area contributed by atoms with Crippen molar-refractivity contribution in [3.05, 3.63) is 90.0 Å². The molecule has 0 radical (unpaired) electrons. The summed E-state index contributed by atoms with van der Waals surface area (Å²) >= 11 is 0. The number of phenolic OH excluding ortho intramolecular Hbond substituents is 1. The van der Waals surface area contributed by atoms with Crippen LogP contribution in [0.4, 0.5) is 10.5 Å². The Bertz CT molecular complexity index is 928. The number of para-hydroxylation sites is 1. The molecule has 0 aromatic heterocycles. The van der Waals surface area contributed by atoms with Crippen molar-refractivity contribution >= 4 is 11.8 Å². The van der Waals surface area contributed by atoms with Crippen LogP contribution in [0.25, 0.3) is 0 Å². The number of ether oxygens (including phenoxy) is 1. The molecule has 4 rings (SSSR count). The van der Waals surface area contributed by atoms with E-state index < -0.39 is 6.09 Å². The summed E-state index contributed by atoms with van der Waals surface area (Å²) < 4.78 is 5.27. The van der Waals surface area contributed by atoms with Crippen molar-refractivity contribution in [3.8, 4) is 11.5 Å². The summed E-state index contributed by atoms with van der Waals surface area (Å²) in [4.78, 5) is 12.1. The molecule has 4 nitrogen and oxygen atoms in total. The number of carbonyl (C=O) groups excluding carboxylic acids is 1. The average Bonchev–Trinajstić information content (AvgIpc) is 3.21. The van der Waals surface area contributed by atoms with Crippen molar-refractivity contribution in [1.82, 2.24) is 0 Å². The zero-order valence-electron chi connectivity index (χ0n) is 15.6. The number of phenols is 1. The predicted octanol–water partition coefficient (Wildman–Crippen LogP) is 5.86. The second kappa shape index (κ2) is 7.77. The Balaban J connectivity index is 1.51. The van der Waals surface area contributed by atoms with Gasteiger partial charge in [0.05, 0.1) is 0 Å². The minimum atomic E-state index is -0.506. The Morgan fingerprint density at radius 1 is 0.821 bits per heavy atom. The molecule has 0 aliphatic heterocycles. The van der Waals surface area contributed by atoms with E-state index in [9.17, 15) is 9.90 Å². The first-order valence-electron chi connectivity index (χ1n) is 9.60. The van der Waals surface area contributed by atoms with Crippen molar-refractivity contribution in [2.75, 3.05) is 5.32 Å². The number of aromatic hydroxyl groups is 1. The molecule has 1 saturated carbocycles. The Kier molecular flexibility index (Phi) is 5.02. The largest absolute Gasteiger partial charge is 0.508 e. The van der Waals surface area contributed by atoms with Gasteiger partial charge in [0.15, 0.2) is 0 Å². The Morgan fingerprint density at radius 2 is 1.39 bits per heavy atom. The zero-order chi connectivity index (χ0) is 19.4. The number of benzene rings is 3. The highest BCUT2D eigenvalue weighted by Crippen LogP contribution is 2.46. The molecule has 0 heterocycles. The number of hydrogen-bond acceptors (Lipinski definition) is 3. The number of amides is 1. The molecule has 3 aromatic carbocycles. The number of nitrogens with one attached hydrogen (secondary N) is 1. The third-order valence-electron chi connectivity index (χ3n) is 5.51. The molecule has 0 saturated heterocycles. The highest BCUT2D eigenvalue weighted by molar-refractivity contribution is 5.86. The van der Waals surface area contributed by atoms with Crippen LogP contribution in [0.3, 0.4) is 0 Å². The highest BCUT2D eigenvalue weighted by Gasteiger charge is 2.37. The maximum atomic E-state index is 12.1.